The summed E-state index contributed by atoms with van der Waals surface area (Å²) >= 11 is 0. The van der Waals surface area contributed by atoms with Crippen molar-refractivity contribution in [3.8, 4) is 0 Å². The molecule has 4 heteroatoms. The number of nitrogens with one attached hydrogen (secondary N) is 1. The van der Waals surface area contributed by atoms with Crippen LogP contribution < -0.4 is 5.32 Å². The van der Waals surface area contributed by atoms with Crippen LogP contribution in [0.2, 0.25) is 0 Å². The fraction of sp³-hybridized carbons (Fsp3) is 0.467. The van der Waals surface area contributed by atoms with Gasteiger partial charge in [-0.1, -0.05) is 37.3 Å². The van der Waals surface area contributed by atoms with Gasteiger partial charge in [-0.15, -0.1) is 0 Å². The molecule has 1 atom stereocenters. The van der Waals surface area contributed by atoms with Crippen LogP contribution in [0.3, 0.4) is 0 Å². The molecule has 1 aromatic rings. The van der Waals surface area contributed by atoms with E-state index in [9.17, 15) is 14.7 Å². The third-order valence-electron chi connectivity index (χ3n) is 3.89. The second-order valence-electron chi connectivity index (χ2n) is 5.51. The summed E-state index contributed by atoms with van der Waals surface area (Å²) in [4.78, 5) is 23.6. The highest BCUT2D eigenvalue weighted by atomic mass is 16.4. The number of hydrogen-bond acceptors (Lipinski definition) is 2. The Balaban J connectivity index is 2.07. The first kappa shape index (κ1) is 13.6. The quantitative estimate of drug-likeness (QED) is 0.818. The molecule has 0 aromatic heterocycles. The van der Waals surface area contributed by atoms with Crippen molar-refractivity contribution in [2.24, 2.45) is 11.3 Å². The molecule has 1 unspecified atom stereocenters. The van der Waals surface area contributed by atoms with Crippen molar-refractivity contribution >= 4 is 11.9 Å². The van der Waals surface area contributed by atoms with Gasteiger partial charge in [-0.2, -0.15) is 0 Å². The van der Waals surface area contributed by atoms with E-state index >= 15 is 0 Å². The van der Waals surface area contributed by atoms with Crippen molar-refractivity contribution in [3.05, 3.63) is 35.9 Å². The smallest absolute Gasteiger partial charge is 0.319 e. The minimum absolute atomic E-state index is 0.180. The predicted octanol–water partition coefficient (Wildman–Crippen LogP) is 2.36. The van der Waals surface area contributed by atoms with Gasteiger partial charge in [0.25, 0.3) is 0 Å². The molecule has 0 heterocycles. The lowest BCUT2D eigenvalue weighted by Gasteiger charge is -2.41. The van der Waals surface area contributed by atoms with Crippen molar-refractivity contribution in [3.63, 3.8) is 0 Å². The van der Waals surface area contributed by atoms with Crippen LogP contribution in [0.15, 0.2) is 30.3 Å². The van der Waals surface area contributed by atoms with E-state index in [-0.39, 0.29) is 11.9 Å². The van der Waals surface area contributed by atoms with E-state index in [1.54, 1.807) is 0 Å². The second kappa shape index (κ2) is 5.03. The minimum atomic E-state index is -1.22. The van der Waals surface area contributed by atoms with Crippen molar-refractivity contribution in [1.29, 1.82) is 0 Å². The van der Waals surface area contributed by atoms with Gasteiger partial charge in [-0.3, -0.25) is 9.59 Å². The lowest BCUT2D eigenvalue weighted by Crippen LogP contribution is -2.54. The summed E-state index contributed by atoms with van der Waals surface area (Å²) in [5, 5.41) is 12.1. The summed E-state index contributed by atoms with van der Waals surface area (Å²) in [6.07, 6.45) is 0.853. The molecule has 1 aliphatic rings. The molecule has 4 nitrogen and oxygen atoms in total. The SMILES string of the molecule is CC1CC(C(=O)O)(C(=O)NC(C)c2ccccc2)C1. The number of amides is 1. The number of rotatable bonds is 4. The van der Waals surface area contributed by atoms with Gasteiger partial charge in [0.15, 0.2) is 0 Å². The second-order valence-corrected chi connectivity index (χ2v) is 5.51. The fourth-order valence-electron chi connectivity index (χ4n) is 2.75. The average molecular weight is 261 g/mol. The first-order valence-electron chi connectivity index (χ1n) is 6.55. The standard InChI is InChI=1S/C15H19NO3/c1-10-8-15(9-10,14(18)19)13(17)16-11(2)12-6-4-3-5-7-12/h3-7,10-11H,8-9H2,1-2H3,(H,16,17)(H,18,19). The maximum Gasteiger partial charge on any atom is 0.319 e. The van der Waals surface area contributed by atoms with Crippen LogP contribution in [0.5, 0.6) is 0 Å². The molecule has 2 N–H and O–H groups in total. The van der Waals surface area contributed by atoms with Gasteiger partial charge in [0, 0.05) is 0 Å². The summed E-state index contributed by atoms with van der Waals surface area (Å²) in [7, 11) is 0. The Morgan fingerprint density at radius 3 is 2.37 bits per heavy atom. The Bertz CT molecular complexity index is 477. The Kier molecular flexibility index (Phi) is 3.60. The Labute approximate surface area is 112 Å². The first-order chi connectivity index (χ1) is 8.95. The van der Waals surface area contributed by atoms with Gasteiger partial charge in [-0.05, 0) is 31.2 Å². The van der Waals surface area contributed by atoms with Crippen molar-refractivity contribution in [2.75, 3.05) is 0 Å². The molecular formula is C15H19NO3. The van der Waals surface area contributed by atoms with Crippen molar-refractivity contribution in [2.45, 2.75) is 32.7 Å². The normalized spacial score (nSPS) is 27.2. The van der Waals surface area contributed by atoms with Crippen LogP contribution in [-0.4, -0.2) is 17.0 Å². The fourth-order valence-corrected chi connectivity index (χ4v) is 2.75. The molecular weight excluding hydrogens is 242 g/mol. The summed E-state index contributed by atoms with van der Waals surface area (Å²) in [6.45, 7) is 3.83. The molecule has 0 saturated heterocycles. The van der Waals surface area contributed by atoms with Crippen molar-refractivity contribution < 1.29 is 14.7 Å². The van der Waals surface area contributed by atoms with E-state index in [0.717, 1.165) is 5.56 Å². The molecule has 0 aliphatic heterocycles. The average Bonchev–Trinajstić information content (AvgIpc) is 2.35. The largest absolute Gasteiger partial charge is 0.480 e. The molecule has 1 amide bonds. The highest BCUT2D eigenvalue weighted by molar-refractivity contribution is 6.03. The molecule has 1 saturated carbocycles. The predicted molar refractivity (Wildman–Crippen MR) is 71.5 cm³/mol. The van der Waals surface area contributed by atoms with Crippen LogP contribution in [0.25, 0.3) is 0 Å². The van der Waals surface area contributed by atoms with E-state index in [0.29, 0.717) is 18.8 Å². The molecule has 0 spiro atoms. The number of benzene rings is 1. The van der Waals surface area contributed by atoms with Crippen LogP contribution in [0, 0.1) is 11.3 Å². The Morgan fingerprint density at radius 2 is 1.89 bits per heavy atom. The third-order valence-corrected chi connectivity index (χ3v) is 3.89. The van der Waals surface area contributed by atoms with E-state index in [1.807, 2.05) is 44.2 Å². The van der Waals surface area contributed by atoms with Gasteiger partial charge >= 0.3 is 5.97 Å². The number of carboxylic acids is 1. The van der Waals surface area contributed by atoms with Crippen molar-refractivity contribution in [1.82, 2.24) is 5.32 Å². The van der Waals surface area contributed by atoms with E-state index in [4.69, 9.17) is 0 Å². The zero-order valence-corrected chi connectivity index (χ0v) is 11.2. The van der Waals surface area contributed by atoms with Gasteiger partial charge in [0.1, 0.15) is 5.41 Å². The van der Waals surface area contributed by atoms with Crippen LogP contribution in [0.1, 0.15) is 38.3 Å². The van der Waals surface area contributed by atoms with Crippen LogP contribution >= 0.6 is 0 Å². The Hall–Kier alpha value is -1.84. The maximum atomic E-state index is 12.2. The maximum absolute atomic E-state index is 12.2. The van der Waals surface area contributed by atoms with Gasteiger partial charge in [0.05, 0.1) is 6.04 Å². The van der Waals surface area contributed by atoms with Crippen LogP contribution in [-0.2, 0) is 9.59 Å². The van der Waals surface area contributed by atoms with Gasteiger partial charge in [0.2, 0.25) is 5.91 Å². The molecule has 0 bridgehead atoms. The topological polar surface area (TPSA) is 66.4 Å². The monoisotopic (exact) mass is 261 g/mol. The number of hydrogen-bond donors (Lipinski definition) is 2. The summed E-state index contributed by atoms with van der Waals surface area (Å²) in [5.74, 6) is -1.08. The third kappa shape index (κ3) is 2.48. The van der Waals surface area contributed by atoms with E-state index in [1.165, 1.54) is 0 Å². The highest BCUT2D eigenvalue weighted by Gasteiger charge is 2.54. The zero-order valence-electron chi connectivity index (χ0n) is 11.2. The highest BCUT2D eigenvalue weighted by Crippen LogP contribution is 2.46. The lowest BCUT2D eigenvalue weighted by molar-refractivity contribution is -0.165. The summed E-state index contributed by atoms with van der Waals surface area (Å²) in [6, 6.07) is 9.36. The lowest BCUT2D eigenvalue weighted by atomic mass is 9.62. The molecule has 0 radical (unpaired) electrons. The number of aliphatic carboxylic acids is 1. The molecule has 1 aliphatic carbocycles. The first-order valence-corrected chi connectivity index (χ1v) is 6.55. The Morgan fingerprint density at radius 1 is 1.32 bits per heavy atom. The molecule has 1 fully saturated rings. The number of carbonyl (C=O) groups excluding carboxylic acids is 1. The molecule has 1 aromatic carbocycles. The molecule has 19 heavy (non-hydrogen) atoms. The number of carboxylic acid groups (broad SMARTS) is 1. The summed E-state index contributed by atoms with van der Waals surface area (Å²) in [5.41, 5.74) is -0.244. The zero-order chi connectivity index (χ0) is 14.0. The van der Waals surface area contributed by atoms with Gasteiger partial charge < -0.3 is 10.4 Å². The van der Waals surface area contributed by atoms with E-state index < -0.39 is 11.4 Å². The number of carbonyl (C=O) groups is 2. The van der Waals surface area contributed by atoms with Gasteiger partial charge in [-0.25, -0.2) is 0 Å². The molecule has 2 rings (SSSR count). The molecule has 102 valence electrons. The van der Waals surface area contributed by atoms with Crippen LogP contribution in [0.4, 0.5) is 0 Å². The summed E-state index contributed by atoms with van der Waals surface area (Å²) < 4.78 is 0. The minimum Gasteiger partial charge on any atom is -0.480 e. The van der Waals surface area contributed by atoms with E-state index in [2.05, 4.69) is 5.32 Å².